The van der Waals surface area contributed by atoms with Gasteiger partial charge in [0.15, 0.2) is 0 Å². The first-order chi connectivity index (χ1) is 14.4. The molecular weight excluding hydrogens is 633 g/mol. The second kappa shape index (κ2) is 12.4. The molecule has 2 N–H and O–H groups in total. The van der Waals surface area contributed by atoms with Crippen LogP contribution in [-0.2, 0) is 6.42 Å². The van der Waals surface area contributed by atoms with E-state index in [0.717, 1.165) is 16.0 Å². The molecule has 164 valence electrons. The van der Waals surface area contributed by atoms with Crippen molar-refractivity contribution in [2.45, 2.75) is 39.2 Å². The van der Waals surface area contributed by atoms with E-state index in [-0.39, 0.29) is 61.3 Å². The summed E-state index contributed by atoms with van der Waals surface area (Å²) in [6, 6.07) is 10.4. The Kier molecular flexibility index (Phi) is 10.6. The second-order valence-electron chi connectivity index (χ2n) is 8.29. The van der Waals surface area contributed by atoms with Crippen LogP contribution in [0.25, 0.3) is 10.1 Å². The molecule has 3 rings (SSSR count). The van der Waals surface area contributed by atoms with Crippen molar-refractivity contribution >= 4 is 21.4 Å². The molecule has 0 spiro atoms. The predicted octanol–water partition coefficient (Wildman–Crippen LogP) is 6.22. The molecule has 0 radical (unpaired) electrons. The first-order valence-corrected chi connectivity index (χ1v) is 11.4. The maximum Gasteiger partial charge on any atom is 2.00 e. The van der Waals surface area contributed by atoms with E-state index in [4.69, 9.17) is 0 Å². The molecule has 0 unspecified atom stereocenters. The third-order valence-corrected chi connectivity index (χ3v) is 6.91. The number of rotatable bonds is 10. The number of thiophene rings is 1. The maximum atomic E-state index is 14.6. The minimum absolute atomic E-state index is 0. The van der Waals surface area contributed by atoms with Gasteiger partial charge in [0.25, 0.3) is 0 Å². The van der Waals surface area contributed by atoms with E-state index < -0.39 is 6.10 Å². The van der Waals surface area contributed by atoms with Gasteiger partial charge < -0.3 is 10.2 Å². The zero-order valence-corrected chi connectivity index (χ0v) is 23.2. The molecule has 1 aromatic carbocycles. The van der Waals surface area contributed by atoms with E-state index in [1.54, 1.807) is 23.8 Å². The topological polar surface area (TPSA) is 40.5 Å². The van der Waals surface area contributed by atoms with Crippen LogP contribution in [0.1, 0.15) is 31.6 Å². The Morgan fingerprint density at radius 2 is 2.00 bits per heavy atom. The first kappa shape index (κ1) is 26.4. The largest absolute Gasteiger partial charge is 2.00 e. The van der Waals surface area contributed by atoms with Crippen molar-refractivity contribution in [3.8, 4) is 0 Å². The molecule has 2 aromatic rings. The molecule has 0 saturated heterocycles. The van der Waals surface area contributed by atoms with Crippen LogP contribution in [0.5, 0.6) is 0 Å². The van der Waals surface area contributed by atoms with Crippen LogP contribution in [-0.4, -0.2) is 22.9 Å². The molecule has 0 amide bonds. The van der Waals surface area contributed by atoms with Gasteiger partial charge in [-0.2, -0.15) is 0 Å². The normalized spacial score (nSPS) is 17.2. The molecule has 0 bridgehead atoms. The number of halogens is 1. The Balaban J connectivity index is 0.00000341. The van der Waals surface area contributed by atoms with Gasteiger partial charge >= 0.3 is 31.1 Å². The molecular formula is C26H31FO2SU. The van der Waals surface area contributed by atoms with Gasteiger partial charge in [0, 0.05) is 15.7 Å². The number of aliphatic hydroxyl groups excluding tert-OH is 2. The monoisotopic (exact) mass is 664 g/mol. The van der Waals surface area contributed by atoms with Crippen LogP contribution in [0.2, 0.25) is 0 Å². The zero-order valence-electron chi connectivity index (χ0n) is 18.2. The summed E-state index contributed by atoms with van der Waals surface area (Å²) in [7, 11) is 0. The summed E-state index contributed by atoms with van der Waals surface area (Å²) in [6.45, 7) is 7.88. The van der Waals surface area contributed by atoms with Crippen LogP contribution in [0.15, 0.2) is 66.0 Å². The van der Waals surface area contributed by atoms with Crippen LogP contribution >= 0.6 is 11.3 Å². The van der Waals surface area contributed by atoms with Crippen molar-refractivity contribution in [1.82, 2.24) is 0 Å². The number of hydrogen-bond donors (Lipinski definition) is 2. The molecule has 1 aromatic heterocycles. The fraction of sp³-hybridized carbons (Fsp3) is 0.385. The Morgan fingerprint density at radius 3 is 2.65 bits per heavy atom. The molecule has 1 aliphatic carbocycles. The summed E-state index contributed by atoms with van der Waals surface area (Å²) < 4.78 is 15.8. The molecule has 2 nitrogen and oxygen atoms in total. The summed E-state index contributed by atoms with van der Waals surface area (Å²) in [6.07, 6.45) is 8.36. The quantitative estimate of drug-likeness (QED) is 0.234. The van der Waals surface area contributed by atoms with Gasteiger partial charge in [0.05, 0.1) is 5.83 Å². The minimum atomic E-state index is -0.669. The molecule has 1 heterocycles. The Hall–Kier alpha value is -0.828. The minimum Gasteiger partial charge on any atom is -0.428 e. The summed E-state index contributed by atoms with van der Waals surface area (Å²) >= 11 is 1.71. The van der Waals surface area contributed by atoms with E-state index >= 15 is 0 Å². The number of hydrogen-bond acceptors (Lipinski definition) is 3. The van der Waals surface area contributed by atoms with Gasteiger partial charge in [0.2, 0.25) is 0 Å². The number of benzene rings is 1. The summed E-state index contributed by atoms with van der Waals surface area (Å²) in [5.41, 5.74) is 1.75. The Morgan fingerprint density at radius 1 is 1.26 bits per heavy atom. The van der Waals surface area contributed by atoms with E-state index in [0.29, 0.717) is 19.3 Å². The van der Waals surface area contributed by atoms with Gasteiger partial charge in [-0.25, -0.2) is 22.5 Å². The smallest absolute Gasteiger partial charge is 0.428 e. The third-order valence-electron chi connectivity index (χ3n) is 5.80. The molecule has 3 atom stereocenters. The van der Waals surface area contributed by atoms with Crippen molar-refractivity contribution < 1.29 is 45.7 Å². The standard InChI is InChI=1S/C26H31FO2S.U/c1-4-19(26(29)23(11-12-28)17(2)3)13-18-9-10-24(27)21(14-18)16-22-15-20-7-5-6-8-25(20)30-22;/h4-8,11,13-15,17,19,23,26,28-29H,1,9-10,12,16H2,2-3H3;/q-2;+2/t19-,23-,26+;/m0./s1. The van der Waals surface area contributed by atoms with Gasteiger partial charge in [-0.05, 0) is 36.3 Å². The first-order valence-electron chi connectivity index (χ1n) is 10.6. The number of allylic oxidation sites excluding steroid dienone is 4. The number of aliphatic hydroxyl groups is 2. The van der Waals surface area contributed by atoms with Crippen LogP contribution in [0.4, 0.5) is 4.39 Å². The van der Waals surface area contributed by atoms with Crippen molar-refractivity contribution in [2.24, 2.45) is 17.8 Å². The predicted molar refractivity (Wildman–Crippen MR) is 125 cm³/mol. The summed E-state index contributed by atoms with van der Waals surface area (Å²) in [5, 5.41) is 21.4. The van der Waals surface area contributed by atoms with Gasteiger partial charge in [0.1, 0.15) is 0 Å². The van der Waals surface area contributed by atoms with Crippen molar-refractivity contribution in [1.29, 1.82) is 0 Å². The average molecular weight is 665 g/mol. The van der Waals surface area contributed by atoms with Crippen LogP contribution in [0, 0.1) is 61.7 Å². The average Bonchev–Trinajstić information content (AvgIpc) is 3.14. The van der Waals surface area contributed by atoms with Crippen molar-refractivity contribution in [2.75, 3.05) is 6.61 Å². The van der Waals surface area contributed by atoms with Gasteiger partial charge in [-0.15, -0.1) is 23.8 Å². The fourth-order valence-electron chi connectivity index (χ4n) is 4.12. The zero-order chi connectivity index (χ0) is 21.7. The van der Waals surface area contributed by atoms with Crippen molar-refractivity contribution in [3.05, 3.63) is 83.8 Å². The molecule has 1 aliphatic rings. The third kappa shape index (κ3) is 6.83. The van der Waals surface area contributed by atoms with E-state index in [1.165, 1.54) is 10.1 Å². The molecule has 0 aliphatic heterocycles. The SMILES string of the molecule is C=C[C@@H]([CH-]C1=CC(Cc2cc3ccccc3s2)=C(F)CC1)[C@@H](O)[C@@H]([CH-]CO)C(C)C.[U+2]. The van der Waals surface area contributed by atoms with Crippen LogP contribution < -0.4 is 0 Å². The van der Waals surface area contributed by atoms with E-state index in [1.807, 2.05) is 38.5 Å². The Labute approximate surface area is 213 Å². The molecule has 31 heavy (non-hydrogen) atoms. The Bertz CT molecular complexity index is 897. The van der Waals surface area contributed by atoms with E-state index in [9.17, 15) is 14.6 Å². The fourth-order valence-corrected chi connectivity index (χ4v) is 5.20. The van der Waals surface area contributed by atoms with Crippen molar-refractivity contribution in [3.63, 3.8) is 0 Å². The second-order valence-corrected chi connectivity index (χ2v) is 9.45. The van der Waals surface area contributed by atoms with Gasteiger partial charge in [-0.3, -0.25) is 6.42 Å². The summed E-state index contributed by atoms with van der Waals surface area (Å²) in [5.74, 6) is -0.236. The maximum absolute atomic E-state index is 14.6. The van der Waals surface area contributed by atoms with Crippen LogP contribution in [0.3, 0.4) is 0 Å². The molecule has 0 saturated carbocycles. The number of fused-ring (bicyclic) bond motifs is 1. The van der Waals surface area contributed by atoms with E-state index in [2.05, 4.69) is 24.8 Å². The molecule has 0 fully saturated rings. The summed E-state index contributed by atoms with van der Waals surface area (Å²) in [4.78, 5) is 1.15. The van der Waals surface area contributed by atoms with Gasteiger partial charge in [-0.1, -0.05) is 62.6 Å². The molecule has 5 heteroatoms.